The Bertz CT molecular complexity index is 920. The van der Waals surface area contributed by atoms with Gasteiger partial charge in [-0.05, 0) is 36.2 Å². The quantitative estimate of drug-likeness (QED) is 0.220. The molecular formula is C18H15ClN4O4. The SMILES string of the molecule is N#C/C(=C/NCCc1ccc(O)cc1)C(=O)Nc1ccc(Cl)c([N+](=O)[O-])c1. The zero-order chi connectivity index (χ0) is 19.8. The zero-order valence-corrected chi connectivity index (χ0v) is 14.7. The van der Waals surface area contributed by atoms with Crippen LogP contribution < -0.4 is 10.6 Å². The molecule has 0 heterocycles. The summed E-state index contributed by atoms with van der Waals surface area (Å²) in [5, 5.41) is 34.5. The van der Waals surface area contributed by atoms with E-state index in [0.717, 1.165) is 11.6 Å². The first-order valence-electron chi connectivity index (χ1n) is 7.77. The number of hydrogen-bond acceptors (Lipinski definition) is 6. The molecule has 2 aromatic rings. The number of nitrogens with zero attached hydrogens (tertiary/aromatic N) is 2. The zero-order valence-electron chi connectivity index (χ0n) is 14.0. The standard InChI is InChI=1S/C18H15ClN4O4/c19-16-6-3-14(9-17(16)23(26)27)22-18(25)13(10-20)11-21-8-7-12-1-4-15(24)5-2-12/h1-6,9,11,21,24H,7-8H2,(H,22,25)/b13-11-. The van der Waals surface area contributed by atoms with E-state index in [1.807, 2.05) is 0 Å². The van der Waals surface area contributed by atoms with Gasteiger partial charge in [0.25, 0.3) is 11.6 Å². The predicted molar refractivity (Wildman–Crippen MR) is 100 cm³/mol. The third-order valence-electron chi connectivity index (χ3n) is 3.51. The van der Waals surface area contributed by atoms with Gasteiger partial charge in [0.1, 0.15) is 22.4 Å². The molecule has 138 valence electrons. The second kappa shape index (κ2) is 9.22. The summed E-state index contributed by atoms with van der Waals surface area (Å²) in [4.78, 5) is 22.4. The molecule has 0 aliphatic rings. The van der Waals surface area contributed by atoms with Gasteiger partial charge < -0.3 is 15.7 Å². The lowest BCUT2D eigenvalue weighted by atomic mass is 10.1. The molecule has 0 radical (unpaired) electrons. The molecule has 3 N–H and O–H groups in total. The Labute approximate surface area is 159 Å². The van der Waals surface area contributed by atoms with E-state index in [2.05, 4.69) is 10.6 Å². The number of benzene rings is 2. The summed E-state index contributed by atoms with van der Waals surface area (Å²) in [6.07, 6.45) is 1.90. The summed E-state index contributed by atoms with van der Waals surface area (Å²) in [6.45, 7) is 0.468. The molecule has 2 aromatic carbocycles. The number of rotatable bonds is 7. The van der Waals surface area contributed by atoms with E-state index < -0.39 is 10.8 Å². The third kappa shape index (κ3) is 5.73. The molecule has 1 amide bonds. The fourth-order valence-electron chi connectivity index (χ4n) is 2.13. The van der Waals surface area contributed by atoms with Crippen molar-refractivity contribution >= 4 is 28.9 Å². The summed E-state index contributed by atoms with van der Waals surface area (Å²) in [7, 11) is 0. The Hall–Kier alpha value is -3.57. The molecule has 0 saturated heterocycles. The molecule has 2 rings (SSSR count). The molecule has 0 spiro atoms. The predicted octanol–water partition coefficient (Wildman–Crippen LogP) is 3.13. The number of halogens is 1. The van der Waals surface area contributed by atoms with Crippen LogP contribution in [0.5, 0.6) is 5.75 Å². The van der Waals surface area contributed by atoms with Crippen molar-refractivity contribution in [2.75, 3.05) is 11.9 Å². The molecule has 0 aromatic heterocycles. The normalized spacial score (nSPS) is 10.7. The number of anilines is 1. The minimum absolute atomic E-state index is 0.0510. The van der Waals surface area contributed by atoms with Crippen molar-refractivity contribution < 1.29 is 14.8 Å². The Balaban J connectivity index is 1.96. The summed E-state index contributed by atoms with van der Waals surface area (Å²) in [6, 6.07) is 12.3. The number of nitro benzene ring substituents is 1. The maximum absolute atomic E-state index is 12.1. The molecule has 0 fully saturated rings. The molecule has 8 nitrogen and oxygen atoms in total. The van der Waals surface area contributed by atoms with E-state index in [9.17, 15) is 20.0 Å². The smallest absolute Gasteiger partial charge is 0.289 e. The highest BCUT2D eigenvalue weighted by molar-refractivity contribution is 6.32. The van der Waals surface area contributed by atoms with Crippen LogP contribution in [0, 0.1) is 21.4 Å². The molecule has 0 atom stereocenters. The molecular weight excluding hydrogens is 372 g/mol. The molecule has 0 aliphatic carbocycles. The van der Waals surface area contributed by atoms with Crippen LogP contribution in [-0.2, 0) is 11.2 Å². The first-order chi connectivity index (χ1) is 12.9. The summed E-state index contributed by atoms with van der Waals surface area (Å²) >= 11 is 5.72. The van der Waals surface area contributed by atoms with Crippen LogP contribution in [0.15, 0.2) is 54.2 Å². The van der Waals surface area contributed by atoms with Gasteiger partial charge in [-0.3, -0.25) is 14.9 Å². The average Bonchev–Trinajstić information content (AvgIpc) is 2.64. The van der Waals surface area contributed by atoms with Crippen LogP contribution in [0.2, 0.25) is 5.02 Å². The Kier molecular flexibility index (Phi) is 6.74. The van der Waals surface area contributed by atoms with E-state index in [4.69, 9.17) is 16.9 Å². The fourth-order valence-corrected chi connectivity index (χ4v) is 2.32. The number of nitro groups is 1. The molecule has 0 aliphatic heterocycles. The maximum Gasteiger partial charge on any atom is 0.289 e. The van der Waals surface area contributed by atoms with Gasteiger partial charge in [-0.15, -0.1) is 0 Å². The van der Waals surface area contributed by atoms with E-state index >= 15 is 0 Å². The van der Waals surface area contributed by atoms with Gasteiger partial charge in [0.05, 0.1) is 4.92 Å². The largest absolute Gasteiger partial charge is 0.508 e. The Morgan fingerprint density at radius 3 is 2.63 bits per heavy atom. The third-order valence-corrected chi connectivity index (χ3v) is 3.83. The number of amides is 1. The van der Waals surface area contributed by atoms with E-state index in [1.165, 1.54) is 18.3 Å². The van der Waals surface area contributed by atoms with Crippen molar-refractivity contribution in [2.45, 2.75) is 6.42 Å². The highest BCUT2D eigenvalue weighted by Gasteiger charge is 2.15. The monoisotopic (exact) mass is 386 g/mol. The number of nitrogens with one attached hydrogen (secondary N) is 2. The molecule has 0 bridgehead atoms. The van der Waals surface area contributed by atoms with Gasteiger partial charge in [-0.1, -0.05) is 23.7 Å². The van der Waals surface area contributed by atoms with E-state index in [1.54, 1.807) is 30.3 Å². The van der Waals surface area contributed by atoms with Gasteiger partial charge in [0.2, 0.25) is 0 Å². The number of aromatic hydroxyl groups is 1. The minimum atomic E-state index is -0.703. The summed E-state index contributed by atoms with van der Waals surface area (Å²) in [5.41, 5.74) is 0.605. The number of nitriles is 1. The van der Waals surface area contributed by atoms with Crippen molar-refractivity contribution in [3.05, 3.63) is 74.9 Å². The first kappa shape index (κ1) is 19.8. The molecule has 9 heteroatoms. The number of carbonyl (C=O) groups is 1. The van der Waals surface area contributed by atoms with Gasteiger partial charge in [0.15, 0.2) is 0 Å². The van der Waals surface area contributed by atoms with Crippen LogP contribution >= 0.6 is 11.6 Å². The lowest BCUT2D eigenvalue weighted by Crippen LogP contribution is -2.18. The van der Waals surface area contributed by atoms with Crippen LogP contribution in [0.25, 0.3) is 0 Å². The lowest BCUT2D eigenvalue weighted by Gasteiger charge is -2.06. The van der Waals surface area contributed by atoms with E-state index in [-0.39, 0.29) is 27.7 Å². The number of carbonyl (C=O) groups excluding carboxylic acids is 1. The van der Waals surface area contributed by atoms with Crippen molar-refractivity contribution in [2.24, 2.45) is 0 Å². The fraction of sp³-hybridized carbons (Fsp3) is 0.111. The molecule has 0 unspecified atom stereocenters. The van der Waals surface area contributed by atoms with Crippen LogP contribution in [0.1, 0.15) is 5.56 Å². The Morgan fingerprint density at radius 2 is 2.00 bits per heavy atom. The first-order valence-corrected chi connectivity index (χ1v) is 8.15. The van der Waals surface area contributed by atoms with Crippen LogP contribution in [0.3, 0.4) is 0 Å². The number of hydrogen-bond donors (Lipinski definition) is 3. The highest BCUT2D eigenvalue weighted by Crippen LogP contribution is 2.27. The van der Waals surface area contributed by atoms with Crippen molar-refractivity contribution in [1.29, 1.82) is 5.26 Å². The highest BCUT2D eigenvalue weighted by atomic mass is 35.5. The van der Waals surface area contributed by atoms with Crippen LogP contribution in [0.4, 0.5) is 11.4 Å². The van der Waals surface area contributed by atoms with Gasteiger partial charge in [0, 0.05) is 24.5 Å². The van der Waals surface area contributed by atoms with E-state index in [0.29, 0.717) is 13.0 Å². The van der Waals surface area contributed by atoms with Gasteiger partial charge in [-0.25, -0.2) is 0 Å². The topological polar surface area (TPSA) is 128 Å². The second-order valence-electron chi connectivity index (χ2n) is 5.42. The lowest BCUT2D eigenvalue weighted by molar-refractivity contribution is -0.384. The van der Waals surface area contributed by atoms with Crippen LogP contribution in [-0.4, -0.2) is 22.5 Å². The van der Waals surface area contributed by atoms with Crippen molar-refractivity contribution in [3.8, 4) is 11.8 Å². The maximum atomic E-state index is 12.1. The molecule has 0 saturated carbocycles. The minimum Gasteiger partial charge on any atom is -0.508 e. The second-order valence-corrected chi connectivity index (χ2v) is 5.83. The Morgan fingerprint density at radius 1 is 1.30 bits per heavy atom. The van der Waals surface area contributed by atoms with Crippen molar-refractivity contribution in [3.63, 3.8) is 0 Å². The number of phenols is 1. The number of phenolic OH excluding ortho intramolecular Hbond substituents is 1. The average molecular weight is 387 g/mol. The van der Waals surface area contributed by atoms with Gasteiger partial charge >= 0.3 is 0 Å². The molecule has 27 heavy (non-hydrogen) atoms. The van der Waals surface area contributed by atoms with Crippen molar-refractivity contribution in [1.82, 2.24) is 5.32 Å². The summed E-state index contributed by atoms with van der Waals surface area (Å²) < 4.78 is 0. The van der Waals surface area contributed by atoms with Gasteiger partial charge in [-0.2, -0.15) is 5.26 Å². The summed E-state index contributed by atoms with van der Waals surface area (Å²) in [5.74, 6) is -0.524.